The third kappa shape index (κ3) is 5.52. The first-order chi connectivity index (χ1) is 16.4. The Hall–Kier alpha value is -3.93. The zero-order valence-electron chi connectivity index (χ0n) is 19.6. The molecule has 0 amide bonds. The van der Waals surface area contributed by atoms with Gasteiger partial charge < -0.3 is 14.3 Å². The Kier molecular flexibility index (Phi) is 7.07. The lowest BCUT2D eigenvalue weighted by atomic mass is 10.0. The van der Waals surface area contributed by atoms with Crippen molar-refractivity contribution in [3.63, 3.8) is 0 Å². The largest absolute Gasteiger partial charge is 0.493 e. The van der Waals surface area contributed by atoms with Crippen molar-refractivity contribution < 1.29 is 19.1 Å². The smallest absolute Gasteiger partial charge is 0.303 e. The van der Waals surface area contributed by atoms with E-state index in [-0.39, 0.29) is 12.3 Å². The number of pyridine rings is 1. The molecular formula is C28H28N2O4. The Balaban J connectivity index is 1.41. The van der Waals surface area contributed by atoms with Crippen LogP contribution in [-0.2, 0) is 11.2 Å². The lowest BCUT2D eigenvalue weighted by molar-refractivity contribution is -0.136. The van der Waals surface area contributed by atoms with E-state index in [4.69, 9.17) is 19.2 Å². The van der Waals surface area contributed by atoms with Gasteiger partial charge in [0.05, 0.1) is 18.0 Å². The van der Waals surface area contributed by atoms with Crippen molar-refractivity contribution in [2.24, 2.45) is 0 Å². The third-order valence-corrected chi connectivity index (χ3v) is 5.81. The van der Waals surface area contributed by atoms with E-state index in [9.17, 15) is 4.79 Å². The highest BCUT2D eigenvalue weighted by molar-refractivity contribution is 5.67. The van der Waals surface area contributed by atoms with E-state index >= 15 is 0 Å². The molecule has 0 aliphatic carbocycles. The fourth-order valence-corrected chi connectivity index (χ4v) is 3.89. The Morgan fingerprint density at radius 2 is 1.82 bits per heavy atom. The molecule has 2 aromatic heterocycles. The predicted molar refractivity (Wildman–Crippen MR) is 131 cm³/mol. The van der Waals surface area contributed by atoms with Gasteiger partial charge in [-0.1, -0.05) is 31.2 Å². The van der Waals surface area contributed by atoms with Gasteiger partial charge in [0.1, 0.15) is 11.5 Å². The average molecular weight is 457 g/mol. The molecule has 34 heavy (non-hydrogen) atoms. The maximum absolute atomic E-state index is 10.8. The van der Waals surface area contributed by atoms with Crippen molar-refractivity contribution in [3.05, 3.63) is 89.4 Å². The lowest BCUT2D eigenvalue weighted by Gasteiger charge is -2.13. The molecule has 0 aliphatic rings. The van der Waals surface area contributed by atoms with Gasteiger partial charge in [-0.15, -0.1) is 0 Å². The normalized spacial score (nSPS) is 11.9. The summed E-state index contributed by atoms with van der Waals surface area (Å²) >= 11 is 0. The van der Waals surface area contributed by atoms with E-state index in [0.29, 0.717) is 18.9 Å². The summed E-state index contributed by atoms with van der Waals surface area (Å²) in [5.41, 5.74) is 5.80. The summed E-state index contributed by atoms with van der Waals surface area (Å²) < 4.78 is 12.0. The molecule has 2 aromatic carbocycles. The van der Waals surface area contributed by atoms with Gasteiger partial charge in [0.25, 0.3) is 0 Å². The lowest BCUT2D eigenvalue weighted by Crippen LogP contribution is -2.09. The van der Waals surface area contributed by atoms with Crippen LogP contribution < -0.4 is 4.74 Å². The van der Waals surface area contributed by atoms with Crippen molar-refractivity contribution in [3.8, 4) is 28.5 Å². The van der Waals surface area contributed by atoms with Gasteiger partial charge in [-0.25, -0.2) is 4.98 Å². The Morgan fingerprint density at radius 1 is 1.06 bits per heavy atom. The predicted octanol–water partition coefficient (Wildman–Crippen LogP) is 6.22. The van der Waals surface area contributed by atoms with Crippen molar-refractivity contribution in [1.82, 2.24) is 9.97 Å². The molecule has 174 valence electrons. The quantitative estimate of drug-likeness (QED) is 0.322. The van der Waals surface area contributed by atoms with Crippen LogP contribution in [-0.4, -0.2) is 27.7 Å². The van der Waals surface area contributed by atoms with Gasteiger partial charge in [0.15, 0.2) is 0 Å². The summed E-state index contributed by atoms with van der Waals surface area (Å²) in [4.78, 5) is 20.0. The highest BCUT2D eigenvalue weighted by atomic mass is 16.5. The number of aromatic nitrogens is 2. The van der Waals surface area contributed by atoms with Crippen LogP contribution in [0.15, 0.2) is 71.3 Å². The zero-order valence-corrected chi connectivity index (χ0v) is 19.6. The molecule has 0 saturated carbocycles. The number of aliphatic carboxylic acids is 1. The molecule has 0 spiro atoms. The van der Waals surface area contributed by atoms with Crippen LogP contribution >= 0.6 is 0 Å². The molecule has 2 heterocycles. The fraction of sp³-hybridized carbons (Fsp3) is 0.250. The van der Waals surface area contributed by atoms with Gasteiger partial charge >= 0.3 is 5.97 Å². The topological polar surface area (TPSA) is 85.5 Å². The first-order valence-electron chi connectivity index (χ1n) is 11.3. The van der Waals surface area contributed by atoms with Crippen molar-refractivity contribution >= 4 is 5.97 Å². The maximum atomic E-state index is 10.8. The highest BCUT2D eigenvalue weighted by Gasteiger charge is 2.18. The van der Waals surface area contributed by atoms with Crippen LogP contribution in [0.3, 0.4) is 0 Å². The molecule has 0 unspecified atom stereocenters. The zero-order chi connectivity index (χ0) is 24.1. The van der Waals surface area contributed by atoms with E-state index in [1.165, 1.54) is 0 Å². The number of nitrogens with zero attached hydrogens (tertiary/aromatic N) is 2. The first kappa shape index (κ1) is 23.2. The number of aryl methyl sites for hydroxylation is 3. The second kappa shape index (κ2) is 10.3. The van der Waals surface area contributed by atoms with Crippen molar-refractivity contribution in [2.75, 3.05) is 6.61 Å². The number of carbonyl (C=O) groups is 1. The Bertz CT molecular complexity index is 1260. The summed E-state index contributed by atoms with van der Waals surface area (Å²) in [7, 11) is 0. The molecule has 0 fully saturated rings. The second-order valence-electron chi connectivity index (χ2n) is 8.45. The molecule has 1 atom stereocenters. The van der Waals surface area contributed by atoms with Crippen LogP contribution in [0, 0.1) is 13.8 Å². The number of hydrogen-bond acceptors (Lipinski definition) is 5. The first-order valence-corrected chi connectivity index (χ1v) is 11.3. The van der Waals surface area contributed by atoms with Gasteiger partial charge in [-0.3, -0.25) is 9.78 Å². The Morgan fingerprint density at radius 3 is 2.50 bits per heavy atom. The number of oxazole rings is 1. The van der Waals surface area contributed by atoms with Gasteiger partial charge in [-0.05, 0) is 67.8 Å². The molecule has 4 rings (SSSR count). The van der Waals surface area contributed by atoms with Crippen LogP contribution in [0.2, 0.25) is 0 Å². The summed E-state index contributed by atoms with van der Waals surface area (Å²) in [5.74, 6) is 1.37. The minimum atomic E-state index is -0.792. The second-order valence-corrected chi connectivity index (χ2v) is 8.45. The number of benzene rings is 2. The van der Waals surface area contributed by atoms with Crippen LogP contribution in [0.4, 0.5) is 0 Å². The number of rotatable bonds is 9. The van der Waals surface area contributed by atoms with E-state index < -0.39 is 5.97 Å². The number of carboxylic acid groups (broad SMARTS) is 1. The van der Waals surface area contributed by atoms with E-state index in [1.807, 2.05) is 74.5 Å². The maximum Gasteiger partial charge on any atom is 0.303 e. The molecule has 0 aliphatic heterocycles. The average Bonchev–Trinajstić information content (AvgIpc) is 3.24. The molecular weight excluding hydrogens is 428 g/mol. The molecule has 0 radical (unpaired) electrons. The number of hydrogen-bond donors (Lipinski definition) is 1. The van der Waals surface area contributed by atoms with Crippen molar-refractivity contribution in [2.45, 2.75) is 39.5 Å². The number of ether oxygens (including phenoxy) is 1. The SMILES string of the molecule is Cc1cc(OC[C@@H](C)c2nc(-c3ccc(-c4ccccn4)cc3)oc2C)ccc1CCC(=O)O. The minimum absolute atomic E-state index is 0.0392. The van der Waals surface area contributed by atoms with E-state index in [2.05, 4.69) is 11.9 Å². The molecule has 6 heteroatoms. The summed E-state index contributed by atoms with van der Waals surface area (Å²) in [6.45, 7) is 6.42. The van der Waals surface area contributed by atoms with Gasteiger partial charge in [0, 0.05) is 29.7 Å². The summed E-state index contributed by atoms with van der Waals surface area (Å²) in [5, 5.41) is 8.89. The molecule has 4 aromatic rings. The van der Waals surface area contributed by atoms with Crippen molar-refractivity contribution in [1.29, 1.82) is 0 Å². The number of carboxylic acids is 1. The summed E-state index contributed by atoms with van der Waals surface area (Å²) in [6.07, 6.45) is 2.42. The molecule has 6 nitrogen and oxygen atoms in total. The Labute approximate surface area is 199 Å². The van der Waals surface area contributed by atoms with E-state index in [1.54, 1.807) is 6.20 Å². The van der Waals surface area contributed by atoms with E-state index in [0.717, 1.165) is 45.2 Å². The molecule has 1 N–H and O–H groups in total. The van der Waals surface area contributed by atoms with Gasteiger partial charge in [0.2, 0.25) is 5.89 Å². The van der Waals surface area contributed by atoms with Crippen LogP contribution in [0.1, 0.15) is 41.8 Å². The highest BCUT2D eigenvalue weighted by Crippen LogP contribution is 2.29. The molecule has 0 bridgehead atoms. The van der Waals surface area contributed by atoms with Crippen LogP contribution in [0.5, 0.6) is 5.75 Å². The fourth-order valence-electron chi connectivity index (χ4n) is 3.89. The molecule has 0 saturated heterocycles. The summed E-state index contributed by atoms with van der Waals surface area (Å²) in [6, 6.07) is 19.7. The minimum Gasteiger partial charge on any atom is -0.493 e. The standard InChI is InChI=1S/C28H28N2O4/c1-18-16-24(13-11-21(18)12-14-26(31)32)33-17-19(2)27-20(3)34-28(30-27)23-9-7-22(8-10-23)25-6-4-5-15-29-25/h4-11,13,15-16,19H,12,14,17H2,1-3H3,(H,31,32)/t19-/m1/s1. The van der Waals surface area contributed by atoms with Gasteiger partial charge in [-0.2, -0.15) is 0 Å². The monoisotopic (exact) mass is 456 g/mol. The van der Waals surface area contributed by atoms with Crippen LogP contribution in [0.25, 0.3) is 22.7 Å². The third-order valence-electron chi connectivity index (χ3n) is 5.81.